The molecule has 6 nitrogen and oxygen atoms in total. The van der Waals surface area contributed by atoms with Crippen LogP contribution in [0.1, 0.15) is 32.6 Å². The van der Waals surface area contributed by atoms with Crippen LogP contribution >= 0.6 is 0 Å². The highest BCUT2D eigenvalue weighted by molar-refractivity contribution is 5.94. The Labute approximate surface area is 156 Å². The Kier molecular flexibility index (Phi) is 6.50. The highest BCUT2D eigenvalue weighted by Gasteiger charge is 2.34. The number of carbonyl (C=O) groups is 2. The smallest absolute Gasteiger partial charge is 0.322 e. The van der Waals surface area contributed by atoms with E-state index in [0.717, 1.165) is 25.2 Å². The zero-order valence-electron chi connectivity index (χ0n) is 15.7. The molecule has 142 valence electrons. The summed E-state index contributed by atoms with van der Waals surface area (Å²) in [6.45, 7) is 7.25. The quantitative estimate of drug-likeness (QED) is 0.880. The topological polar surface area (TPSA) is 55.9 Å². The van der Waals surface area contributed by atoms with Gasteiger partial charge in [-0.2, -0.15) is 0 Å². The maximum absolute atomic E-state index is 12.7. The van der Waals surface area contributed by atoms with Crippen molar-refractivity contribution in [2.45, 2.75) is 38.6 Å². The first kappa shape index (κ1) is 18.7. The Morgan fingerprint density at radius 3 is 2.50 bits per heavy atom. The minimum absolute atomic E-state index is 0.0538. The largest absolute Gasteiger partial charge is 0.339 e. The van der Waals surface area contributed by atoms with Crippen molar-refractivity contribution in [2.75, 3.05) is 44.6 Å². The van der Waals surface area contributed by atoms with E-state index >= 15 is 0 Å². The Morgan fingerprint density at radius 2 is 1.77 bits per heavy atom. The number of anilines is 1. The second-order valence-corrected chi connectivity index (χ2v) is 7.25. The van der Waals surface area contributed by atoms with Gasteiger partial charge in [0.1, 0.15) is 6.04 Å². The van der Waals surface area contributed by atoms with Crippen molar-refractivity contribution < 1.29 is 9.59 Å². The summed E-state index contributed by atoms with van der Waals surface area (Å²) < 4.78 is 0. The average Bonchev–Trinajstić information content (AvgIpc) is 2.67. The molecule has 0 unspecified atom stereocenters. The van der Waals surface area contributed by atoms with Crippen LogP contribution in [0.25, 0.3) is 0 Å². The lowest BCUT2D eigenvalue weighted by Gasteiger charge is -2.39. The van der Waals surface area contributed by atoms with Gasteiger partial charge in [-0.3, -0.25) is 4.79 Å². The molecule has 6 heteroatoms. The maximum atomic E-state index is 12.7. The van der Waals surface area contributed by atoms with Gasteiger partial charge >= 0.3 is 6.03 Å². The zero-order valence-corrected chi connectivity index (χ0v) is 15.7. The van der Waals surface area contributed by atoms with Crippen molar-refractivity contribution in [1.82, 2.24) is 14.7 Å². The molecule has 0 saturated carbocycles. The number of carbonyl (C=O) groups excluding carboxylic acids is 2. The second kappa shape index (κ2) is 9.03. The number of hydrogen-bond donors (Lipinski definition) is 1. The molecule has 2 saturated heterocycles. The average molecular weight is 358 g/mol. The predicted molar refractivity (Wildman–Crippen MR) is 103 cm³/mol. The van der Waals surface area contributed by atoms with E-state index in [4.69, 9.17) is 0 Å². The van der Waals surface area contributed by atoms with Gasteiger partial charge in [0.25, 0.3) is 0 Å². The lowest BCUT2D eigenvalue weighted by molar-refractivity contribution is -0.139. The van der Waals surface area contributed by atoms with E-state index in [9.17, 15) is 9.59 Å². The lowest BCUT2D eigenvalue weighted by Crippen LogP contribution is -2.58. The van der Waals surface area contributed by atoms with Crippen LogP contribution in [0.2, 0.25) is 0 Å². The van der Waals surface area contributed by atoms with Crippen molar-refractivity contribution in [2.24, 2.45) is 0 Å². The van der Waals surface area contributed by atoms with Gasteiger partial charge < -0.3 is 20.0 Å². The second-order valence-electron chi connectivity index (χ2n) is 7.25. The fourth-order valence-electron chi connectivity index (χ4n) is 3.81. The summed E-state index contributed by atoms with van der Waals surface area (Å²) in [5, 5.41) is 2.87. The van der Waals surface area contributed by atoms with E-state index in [-0.39, 0.29) is 11.9 Å². The molecular formula is C20H30N4O2. The first-order chi connectivity index (χ1) is 12.6. The fourth-order valence-corrected chi connectivity index (χ4v) is 3.81. The monoisotopic (exact) mass is 358 g/mol. The number of rotatable bonds is 5. The van der Waals surface area contributed by atoms with Gasteiger partial charge in [-0.05, 0) is 58.0 Å². The number of urea groups is 1. The van der Waals surface area contributed by atoms with Gasteiger partial charge in [-0.1, -0.05) is 24.6 Å². The number of amides is 3. The highest BCUT2D eigenvalue weighted by Crippen LogP contribution is 2.15. The summed E-state index contributed by atoms with van der Waals surface area (Å²) >= 11 is 0. The van der Waals surface area contributed by atoms with Crippen molar-refractivity contribution in [3.8, 4) is 0 Å². The van der Waals surface area contributed by atoms with E-state index in [2.05, 4.69) is 10.2 Å². The van der Waals surface area contributed by atoms with Crippen LogP contribution in [0.3, 0.4) is 0 Å². The Hall–Kier alpha value is -2.08. The number of piperidine rings is 1. The minimum atomic E-state index is -0.414. The van der Waals surface area contributed by atoms with E-state index in [1.165, 1.54) is 32.4 Å². The molecule has 2 fully saturated rings. The molecule has 0 radical (unpaired) electrons. The molecule has 1 atom stereocenters. The molecule has 1 aromatic rings. The van der Waals surface area contributed by atoms with E-state index in [0.29, 0.717) is 13.1 Å². The maximum Gasteiger partial charge on any atom is 0.322 e. The van der Waals surface area contributed by atoms with Crippen LogP contribution in [0, 0.1) is 0 Å². The number of para-hydroxylation sites is 1. The SMILES string of the molecule is C[C@H]1C(=O)N(CCCN2CCCCC2)CCN1C(=O)Nc1ccccc1. The normalized spacial score (nSPS) is 21.7. The van der Waals surface area contributed by atoms with Gasteiger partial charge in [0.15, 0.2) is 0 Å². The first-order valence-corrected chi connectivity index (χ1v) is 9.79. The van der Waals surface area contributed by atoms with Gasteiger partial charge in [-0.15, -0.1) is 0 Å². The third-order valence-corrected chi connectivity index (χ3v) is 5.38. The number of likely N-dealkylation sites (tertiary alicyclic amines) is 1. The summed E-state index contributed by atoms with van der Waals surface area (Å²) in [4.78, 5) is 31.2. The predicted octanol–water partition coefficient (Wildman–Crippen LogP) is 2.63. The first-order valence-electron chi connectivity index (χ1n) is 9.79. The Morgan fingerprint density at radius 1 is 1.04 bits per heavy atom. The van der Waals surface area contributed by atoms with Gasteiger partial charge in [-0.25, -0.2) is 4.79 Å². The molecule has 1 N–H and O–H groups in total. The molecule has 2 aliphatic rings. The molecular weight excluding hydrogens is 328 g/mol. The van der Waals surface area contributed by atoms with Crippen LogP contribution < -0.4 is 5.32 Å². The van der Waals surface area contributed by atoms with Crippen molar-refractivity contribution in [3.63, 3.8) is 0 Å². The van der Waals surface area contributed by atoms with Crippen molar-refractivity contribution in [3.05, 3.63) is 30.3 Å². The summed E-state index contributed by atoms with van der Waals surface area (Å²) in [7, 11) is 0. The molecule has 0 aromatic heterocycles. The van der Waals surface area contributed by atoms with Crippen molar-refractivity contribution >= 4 is 17.6 Å². The minimum Gasteiger partial charge on any atom is -0.339 e. The van der Waals surface area contributed by atoms with Crippen LogP contribution in [-0.4, -0.2) is 71.9 Å². The summed E-state index contributed by atoms with van der Waals surface area (Å²) in [5.41, 5.74) is 0.751. The number of benzene rings is 1. The zero-order chi connectivity index (χ0) is 18.4. The molecule has 1 aromatic carbocycles. The molecule has 2 heterocycles. The number of piperazine rings is 1. The van der Waals surface area contributed by atoms with Crippen LogP contribution in [-0.2, 0) is 4.79 Å². The van der Waals surface area contributed by atoms with Gasteiger partial charge in [0.05, 0.1) is 0 Å². The Balaban J connectivity index is 1.46. The number of nitrogens with zero attached hydrogens (tertiary/aromatic N) is 3. The molecule has 3 amide bonds. The lowest BCUT2D eigenvalue weighted by atomic mass is 10.1. The summed E-state index contributed by atoms with van der Waals surface area (Å²) in [6.07, 6.45) is 4.95. The summed E-state index contributed by atoms with van der Waals surface area (Å²) in [6, 6.07) is 8.74. The van der Waals surface area contributed by atoms with E-state index in [1.54, 1.807) is 4.90 Å². The van der Waals surface area contributed by atoms with Gasteiger partial charge in [0, 0.05) is 25.3 Å². The molecule has 0 bridgehead atoms. The number of nitrogens with one attached hydrogen (secondary N) is 1. The van der Waals surface area contributed by atoms with E-state index in [1.807, 2.05) is 42.2 Å². The molecule has 26 heavy (non-hydrogen) atoms. The molecule has 0 aliphatic carbocycles. The third-order valence-electron chi connectivity index (χ3n) is 5.38. The highest BCUT2D eigenvalue weighted by atomic mass is 16.2. The summed E-state index contributed by atoms with van der Waals surface area (Å²) in [5.74, 6) is 0.0538. The Bertz CT molecular complexity index is 601. The van der Waals surface area contributed by atoms with Gasteiger partial charge in [0.2, 0.25) is 5.91 Å². The number of hydrogen-bond acceptors (Lipinski definition) is 3. The van der Waals surface area contributed by atoms with Crippen LogP contribution in [0.4, 0.5) is 10.5 Å². The molecule has 3 rings (SSSR count). The third kappa shape index (κ3) is 4.75. The van der Waals surface area contributed by atoms with Crippen LogP contribution in [0.15, 0.2) is 30.3 Å². The van der Waals surface area contributed by atoms with Crippen molar-refractivity contribution in [1.29, 1.82) is 0 Å². The van der Waals surface area contributed by atoms with E-state index < -0.39 is 6.04 Å². The van der Waals surface area contributed by atoms with Crippen LogP contribution in [0.5, 0.6) is 0 Å². The standard InChI is InChI=1S/C20H30N4O2/c1-17-19(25)23(14-8-13-22-11-6-3-7-12-22)15-16-24(17)20(26)21-18-9-4-2-5-10-18/h2,4-5,9-10,17H,3,6-8,11-16H2,1H3,(H,21,26)/t17-/m0/s1. The molecule has 2 aliphatic heterocycles. The fraction of sp³-hybridized carbons (Fsp3) is 0.600. The molecule has 0 spiro atoms.